The monoisotopic (exact) mass is 264 g/mol. The maximum Gasteiger partial charge on any atom is 0.122 e. The van der Waals surface area contributed by atoms with Crippen LogP contribution in [0.1, 0.15) is 38.3 Å². The van der Waals surface area contributed by atoms with Gasteiger partial charge in [-0.3, -0.25) is 0 Å². The number of fused-ring (bicyclic) bond motifs is 1. The Kier molecular flexibility index (Phi) is 4.16. The zero-order chi connectivity index (χ0) is 14.0. The molecule has 0 saturated carbocycles. The van der Waals surface area contributed by atoms with Crippen molar-refractivity contribution in [2.24, 2.45) is 5.41 Å². The number of aliphatic hydroxyl groups is 2. The van der Waals surface area contributed by atoms with Crippen molar-refractivity contribution in [2.45, 2.75) is 52.2 Å². The lowest BCUT2D eigenvalue weighted by molar-refractivity contribution is -0.0470. The van der Waals surface area contributed by atoms with Crippen LogP contribution in [0.2, 0.25) is 0 Å². The van der Waals surface area contributed by atoms with Crippen LogP contribution in [0.15, 0.2) is 18.2 Å². The van der Waals surface area contributed by atoms with Crippen molar-refractivity contribution in [3.05, 3.63) is 29.3 Å². The maximum absolute atomic E-state index is 10.0. The number of benzene rings is 1. The van der Waals surface area contributed by atoms with Gasteiger partial charge in [-0.1, -0.05) is 32.9 Å². The summed E-state index contributed by atoms with van der Waals surface area (Å²) in [7, 11) is 0. The topological polar surface area (TPSA) is 49.7 Å². The minimum absolute atomic E-state index is 0.287. The number of aliphatic hydroxyl groups excluding tert-OH is 2. The molecule has 0 fully saturated rings. The van der Waals surface area contributed by atoms with E-state index in [4.69, 9.17) is 4.74 Å². The lowest BCUT2D eigenvalue weighted by Crippen LogP contribution is -2.37. The Bertz CT molecular complexity index is 434. The fraction of sp³-hybridized carbons (Fsp3) is 0.625. The average molecular weight is 264 g/mol. The Morgan fingerprint density at radius 3 is 2.68 bits per heavy atom. The van der Waals surface area contributed by atoms with E-state index in [0.29, 0.717) is 6.42 Å². The van der Waals surface area contributed by atoms with Crippen molar-refractivity contribution >= 4 is 0 Å². The van der Waals surface area contributed by atoms with E-state index in [9.17, 15) is 10.2 Å². The first-order chi connectivity index (χ1) is 8.88. The molecule has 2 unspecified atom stereocenters. The summed E-state index contributed by atoms with van der Waals surface area (Å²) < 4.78 is 5.47. The molecule has 0 aliphatic carbocycles. The van der Waals surface area contributed by atoms with Gasteiger partial charge < -0.3 is 14.9 Å². The van der Waals surface area contributed by atoms with E-state index in [-0.39, 0.29) is 5.41 Å². The van der Waals surface area contributed by atoms with Crippen LogP contribution < -0.4 is 4.74 Å². The van der Waals surface area contributed by atoms with E-state index in [1.807, 2.05) is 32.9 Å². The molecule has 2 rings (SSSR count). The van der Waals surface area contributed by atoms with Crippen molar-refractivity contribution in [1.82, 2.24) is 0 Å². The van der Waals surface area contributed by atoms with Crippen molar-refractivity contribution in [1.29, 1.82) is 0 Å². The highest BCUT2D eigenvalue weighted by molar-refractivity contribution is 5.39. The second-order valence-electron chi connectivity index (χ2n) is 6.46. The summed E-state index contributed by atoms with van der Waals surface area (Å²) in [6.07, 6.45) is 0.963. The van der Waals surface area contributed by atoms with Crippen molar-refractivity contribution in [3.8, 4) is 5.75 Å². The molecule has 1 aromatic carbocycles. The quantitative estimate of drug-likeness (QED) is 0.877. The van der Waals surface area contributed by atoms with Gasteiger partial charge in [-0.2, -0.15) is 0 Å². The molecule has 1 aromatic rings. The first-order valence-electron chi connectivity index (χ1n) is 6.98. The Morgan fingerprint density at radius 2 is 2.00 bits per heavy atom. The van der Waals surface area contributed by atoms with Crippen molar-refractivity contribution in [3.63, 3.8) is 0 Å². The fourth-order valence-corrected chi connectivity index (χ4v) is 2.45. The van der Waals surface area contributed by atoms with Crippen LogP contribution in [0.5, 0.6) is 5.75 Å². The third-order valence-electron chi connectivity index (χ3n) is 3.73. The molecule has 19 heavy (non-hydrogen) atoms. The molecule has 1 heterocycles. The highest BCUT2D eigenvalue weighted by Crippen LogP contribution is 2.27. The molecule has 1 aliphatic rings. The second kappa shape index (κ2) is 5.51. The van der Waals surface area contributed by atoms with Crippen molar-refractivity contribution < 1.29 is 14.9 Å². The maximum atomic E-state index is 10.0. The van der Waals surface area contributed by atoms with E-state index in [1.165, 1.54) is 11.1 Å². The molecule has 2 atom stereocenters. The summed E-state index contributed by atoms with van der Waals surface area (Å²) >= 11 is 0. The third-order valence-corrected chi connectivity index (χ3v) is 3.73. The van der Waals surface area contributed by atoms with Gasteiger partial charge >= 0.3 is 0 Å². The van der Waals surface area contributed by atoms with Crippen LogP contribution in [-0.4, -0.2) is 29.0 Å². The van der Waals surface area contributed by atoms with Crippen LogP contribution in [0.3, 0.4) is 0 Å². The minimum atomic E-state index is -0.690. The predicted molar refractivity (Wildman–Crippen MR) is 75.4 cm³/mol. The number of ether oxygens (including phenoxy) is 1. The summed E-state index contributed by atoms with van der Waals surface area (Å²) in [5, 5.41) is 20.1. The summed E-state index contributed by atoms with van der Waals surface area (Å²) in [5.74, 6) is 0.985. The lowest BCUT2D eigenvalue weighted by Gasteiger charge is -2.30. The molecule has 3 heteroatoms. The van der Waals surface area contributed by atoms with E-state index in [0.717, 1.165) is 25.2 Å². The van der Waals surface area contributed by atoms with Gasteiger partial charge in [-0.15, -0.1) is 0 Å². The van der Waals surface area contributed by atoms with Crippen LogP contribution >= 0.6 is 0 Å². The van der Waals surface area contributed by atoms with E-state index in [1.54, 1.807) is 0 Å². The third kappa shape index (κ3) is 3.48. The molecule has 0 aromatic heterocycles. The molecule has 0 amide bonds. The van der Waals surface area contributed by atoms with Gasteiger partial charge in [0.05, 0.1) is 18.8 Å². The molecule has 2 N–H and O–H groups in total. The smallest absolute Gasteiger partial charge is 0.122 e. The first-order valence-corrected chi connectivity index (χ1v) is 6.98. The molecular formula is C16H24O3. The van der Waals surface area contributed by atoms with Gasteiger partial charge in [0, 0.05) is 6.42 Å². The van der Waals surface area contributed by atoms with Gasteiger partial charge in [0.15, 0.2) is 0 Å². The van der Waals surface area contributed by atoms with Gasteiger partial charge in [-0.25, -0.2) is 0 Å². The standard InChI is InChI=1S/C16H24O3/c1-16(2,3)15(18)13(17)6-4-11-5-7-14-12(10-11)8-9-19-14/h5,7,10,13,15,17-18H,4,6,8-9H2,1-3H3. The Labute approximate surface area is 115 Å². The fourth-order valence-electron chi connectivity index (χ4n) is 2.45. The number of aryl methyl sites for hydroxylation is 1. The Balaban J connectivity index is 1.92. The van der Waals surface area contributed by atoms with E-state index >= 15 is 0 Å². The van der Waals surface area contributed by atoms with E-state index < -0.39 is 12.2 Å². The predicted octanol–water partition coefficient (Wildman–Crippen LogP) is 2.32. The molecule has 0 bridgehead atoms. The SMILES string of the molecule is CC(C)(C)C(O)C(O)CCc1ccc2c(c1)CCO2. The van der Waals surface area contributed by atoms with Crippen LogP contribution in [0, 0.1) is 5.41 Å². The Hall–Kier alpha value is -1.06. The normalized spacial score (nSPS) is 17.7. The summed E-state index contributed by atoms with van der Waals surface area (Å²) in [4.78, 5) is 0. The molecule has 0 spiro atoms. The number of hydrogen-bond acceptors (Lipinski definition) is 3. The highest BCUT2D eigenvalue weighted by Gasteiger charge is 2.28. The van der Waals surface area contributed by atoms with Crippen molar-refractivity contribution in [2.75, 3.05) is 6.61 Å². The molecule has 106 valence electrons. The first kappa shape index (κ1) is 14.4. The summed E-state index contributed by atoms with van der Waals surface area (Å²) in [6, 6.07) is 6.20. The minimum Gasteiger partial charge on any atom is -0.493 e. The molecule has 3 nitrogen and oxygen atoms in total. The van der Waals surface area contributed by atoms with Crippen LogP contribution in [0.25, 0.3) is 0 Å². The molecular weight excluding hydrogens is 240 g/mol. The van der Waals surface area contributed by atoms with Gasteiger partial charge in [0.25, 0.3) is 0 Å². The zero-order valence-corrected chi connectivity index (χ0v) is 12.0. The van der Waals surface area contributed by atoms with Gasteiger partial charge in [0.2, 0.25) is 0 Å². The van der Waals surface area contributed by atoms with Gasteiger partial charge in [0.1, 0.15) is 5.75 Å². The molecule has 1 aliphatic heterocycles. The van der Waals surface area contributed by atoms with Crippen LogP contribution in [-0.2, 0) is 12.8 Å². The Morgan fingerprint density at radius 1 is 1.26 bits per heavy atom. The van der Waals surface area contributed by atoms with E-state index in [2.05, 4.69) is 6.07 Å². The lowest BCUT2D eigenvalue weighted by atomic mass is 9.84. The average Bonchev–Trinajstić information content (AvgIpc) is 2.81. The highest BCUT2D eigenvalue weighted by atomic mass is 16.5. The number of rotatable bonds is 4. The van der Waals surface area contributed by atoms with Gasteiger partial charge in [-0.05, 0) is 35.4 Å². The number of hydrogen-bond donors (Lipinski definition) is 2. The summed E-state index contributed by atoms with van der Waals surface area (Å²) in [6.45, 7) is 6.58. The molecule has 0 saturated heterocycles. The van der Waals surface area contributed by atoms with Crippen LogP contribution in [0.4, 0.5) is 0 Å². The summed E-state index contributed by atoms with van der Waals surface area (Å²) in [5.41, 5.74) is 2.17. The molecule has 0 radical (unpaired) electrons. The largest absolute Gasteiger partial charge is 0.493 e. The second-order valence-corrected chi connectivity index (χ2v) is 6.46. The zero-order valence-electron chi connectivity index (χ0n) is 12.0.